The van der Waals surface area contributed by atoms with E-state index in [-0.39, 0.29) is 6.61 Å². The Bertz CT molecular complexity index is 496. The van der Waals surface area contributed by atoms with Crippen LogP contribution in [0.3, 0.4) is 0 Å². The van der Waals surface area contributed by atoms with Crippen molar-refractivity contribution in [1.29, 1.82) is 0 Å². The van der Waals surface area contributed by atoms with E-state index in [1.807, 2.05) is 30.3 Å². The molecule has 4 nitrogen and oxygen atoms in total. The molecule has 2 rings (SSSR count). The van der Waals surface area contributed by atoms with Gasteiger partial charge in [0.05, 0.1) is 0 Å². The van der Waals surface area contributed by atoms with E-state index in [4.69, 9.17) is 13.6 Å². The lowest BCUT2D eigenvalue weighted by Crippen LogP contribution is -1.88. The zero-order valence-electron chi connectivity index (χ0n) is 10.9. The lowest BCUT2D eigenvalue weighted by molar-refractivity contribution is 0.162. The van der Waals surface area contributed by atoms with Crippen molar-refractivity contribution in [3.63, 3.8) is 0 Å². The molecule has 4 heteroatoms. The van der Waals surface area contributed by atoms with Crippen molar-refractivity contribution in [2.45, 2.75) is 26.9 Å². The third-order valence-electron chi connectivity index (χ3n) is 1.96. The van der Waals surface area contributed by atoms with Gasteiger partial charge in [-0.05, 0) is 0 Å². The summed E-state index contributed by atoms with van der Waals surface area (Å²) in [5.74, 6) is 0.136. The summed E-state index contributed by atoms with van der Waals surface area (Å²) in [5.41, 5.74) is 0.801. The molecule has 98 valence electrons. The fourth-order valence-corrected chi connectivity index (χ4v) is 1.34. The van der Waals surface area contributed by atoms with Crippen LogP contribution in [-0.2, 0) is 11.3 Å². The highest BCUT2D eigenvalue weighted by atomic mass is 16.6. The average Bonchev–Trinajstić information content (AvgIpc) is 2.73. The molecule has 18 heavy (non-hydrogen) atoms. The maximum atomic E-state index is 11.0. The van der Waals surface area contributed by atoms with E-state index >= 15 is 0 Å². The summed E-state index contributed by atoms with van der Waals surface area (Å²) >= 11 is 0. The number of ether oxygens (including phenoxy) is 1. The first-order valence-electron chi connectivity index (χ1n) is 5.90. The number of hydrogen-bond acceptors (Lipinski definition) is 4. The van der Waals surface area contributed by atoms with E-state index in [0.29, 0.717) is 11.5 Å². The average molecular weight is 250 g/mol. The van der Waals surface area contributed by atoms with Crippen molar-refractivity contribution in [2.24, 2.45) is 0 Å². The van der Waals surface area contributed by atoms with E-state index in [9.17, 15) is 4.79 Å². The molecule has 0 aliphatic carbocycles. The molecule has 0 atom stereocenters. The van der Waals surface area contributed by atoms with Gasteiger partial charge in [0.2, 0.25) is 0 Å². The van der Waals surface area contributed by atoms with Crippen LogP contribution in [0.1, 0.15) is 26.0 Å². The third kappa shape index (κ3) is 3.89. The highest BCUT2D eigenvalue weighted by Gasteiger charge is 2.13. The first-order chi connectivity index (χ1) is 8.72. The van der Waals surface area contributed by atoms with Gasteiger partial charge in [-0.2, -0.15) is 0 Å². The molecule has 0 spiro atoms. The van der Waals surface area contributed by atoms with Crippen LogP contribution in [0.5, 0.6) is 0 Å². The smallest absolute Gasteiger partial charge is 0.393 e. The van der Waals surface area contributed by atoms with E-state index in [1.54, 1.807) is 0 Å². The Kier molecular flexibility index (Phi) is 5.94. The predicted molar refractivity (Wildman–Crippen MR) is 69.4 cm³/mol. The molecule has 0 N–H and O–H groups in total. The Morgan fingerprint density at radius 3 is 2.28 bits per heavy atom. The molecule has 0 aliphatic rings. The van der Waals surface area contributed by atoms with Gasteiger partial charge in [0.15, 0.2) is 11.5 Å². The van der Waals surface area contributed by atoms with Crippen molar-refractivity contribution in [3.05, 3.63) is 46.7 Å². The standard InChI is InChI=1S/C11H10O4.C3H8/c1-13-7-9-10(15-11(12)14-9)8-5-3-2-4-6-8;1-3-2/h2-6H,7H2,1H3;3H2,1-2H3. The zero-order chi connectivity index (χ0) is 13.4. The van der Waals surface area contributed by atoms with E-state index in [1.165, 1.54) is 13.5 Å². The van der Waals surface area contributed by atoms with Crippen molar-refractivity contribution in [1.82, 2.24) is 0 Å². The highest BCUT2D eigenvalue weighted by molar-refractivity contribution is 5.58. The molecule has 0 bridgehead atoms. The molecule has 0 amide bonds. The van der Waals surface area contributed by atoms with Gasteiger partial charge >= 0.3 is 5.82 Å². The fraction of sp³-hybridized carbons (Fsp3) is 0.357. The highest BCUT2D eigenvalue weighted by Crippen LogP contribution is 2.22. The van der Waals surface area contributed by atoms with Crippen LogP contribution >= 0.6 is 0 Å². The van der Waals surface area contributed by atoms with Gasteiger partial charge in [-0.3, -0.25) is 0 Å². The zero-order valence-corrected chi connectivity index (χ0v) is 10.9. The number of benzene rings is 1. The van der Waals surface area contributed by atoms with Crippen LogP contribution in [0.4, 0.5) is 0 Å². The number of methoxy groups -OCH3 is 1. The summed E-state index contributed by atoms with van der Waals surface area (Å²) in [6, 6.07) is 9.29. The second-order valence-corrected chi connectivity index (χ2v) is 3.71. The summed E-state index contributed by atoms with van der Waals surface area (Å²) in [6.07, 6.45) is 1.25. The van der Waals surface area contributed by atoms with Crippen LogP contribution in [0, 0.1) is 0 Å². The molecule has 0 aliphatic heterocycles. The van der Waals surface area contributed by atoms with E-state index in [0.717, 1.165) is 5.56 Å². The summed E-state index contributed by atoms with van der Waals surface area (Å²) < 4.78 is 14.7. The third-order valence-corrected chi connectivity index (χ3v) is 1.96. The second kappa shape index (κ2) is 7.50. The predicted octanol–water partition coefficient (Wildman–Crippen LogP) is 3.46. The van der Waals surface area contributed by atoms with Gasteiger partial charge in [-0.15, -0.1) is 0 Å². The van der Waals surface area contributed by atoms with Crippen LogP contribution < -0.4 is 5.82 Å². The Morgan fingerprint density at radius 2 is 1.72 bits per heavy atom. The van der Waals surface area contributed by atoms with Crippen LogP contribution in [0.2, 0.25) is 0 Å². The Balaban J connectivity index is 0.000000492. The van der Waals surface area contributed by atoms with Gasteiger partial charge in [0.1, 0.15) is 6.61 Å². The summed E-state index contributed by atoms with van der Waals surface area (Å²) in [5, 5.41) is 0. The van der Waals surface area contributed by atoms with E-state index < -0.39 is 5.82 Å². The van der Waals surface area contributed by atoms with Gasteiger partial charge in [-0.1, -0.05) is 50.6 Å². The molecule has 0 fully saturated rings. The van der Waals surface area contributed by atoms with E-state index in [2.05, 4.69) is 13.8 Å². The minimum atomic E-state index is -0.707. The number of rotatable bonds is 3. The maximum Gasteiger partial charge on any atom is 0.519 e. The molecule has 1 aromatic carbocycles. The lowest BCUT2D eigenvalue weighted by Gasteiger charge is -1.97. The van der Waals surface area contributed by atoms with Crippen molar-refractivity contribution >= 4 is 0 Å². The summed E-state index contributed by atoms with van der Waals surface area (Å²) in [6.45, 7) is 4.47. The number of hydrogen-bond donors (Lipinski definition) is 0. The molecular weight excluding hydrogens is 232 g/mol. The Labute approximate surface area is 106 Å². The Morgan fingerprint density at radius 1 is 1.11 bits per heavy atom. The first kappa shape index (κ1) is 14.3. The SMILES string of the molecule is CCC.COCc1oc(=O)oc1-c1ccccc1. The molecule has 1 heterocycles. The molecule has 1 aromatic heterocycles. The van der Waals surface area contributed by atoms with Crippen LogP contribution in [0.15, 0.2) is 44.0 Å². The van der Waals surface area contributed by atoms with Crippen molar-refractivity contribution < 1.29 is 13.6 Å². The topological polar surface area (TPSA) is 52.6 Å². The van der Waals surface area contributed by atoms with Gasteiger partial charge in [0.25, 0.3) is 0 Å². The monoisotopic (exact) mass is 250 g/mol. The minimum Gasteiger partial charge on any atom is -0.393 e. The van der Waals surface area contributed by atoms with Gasteiger partial charge < -0.3 is 13.6 Å². The lowest BCUT2D eigenvalue weighted by atomic mass is 10.1. The molecule has 2 aromatic rings. The largest absolute Gasteiger partial charge is 0.519 e. The van der Waals surface area contributed by atoms with Crippen LogP contribution in [-0.4, -0.2) is 7.11 Å². The molecule has 0 radical (unpaired) electrons. The fourth-order valence-electron chi connectivity index (χ4n) is 1.34. The summed E-state index contributed by atoms with van der Waals surface area (Å²) in [7, 11) is 1.53. The normalized spacial score (nSPS) is 9.72. The van der Waals surface area contributed by atoms with Crippen LogP contribution in [0.25, 0.3) is 11.3 Å². The summed E-state index contributed by atoms with van der Waals surface area (Å²) in [4.78, 5) is 11.0. The first-order valence-corrected chi connectivity index (χ1v) is 5.90. The van der Waals surface area contributed by atoms with Gasteiger partial charge in [0, 0.05) is 12.7 Å². The maximum absolute atomic E-state index is 11.0. The second-order valence-electron chi connectivity index (χ2n) is 3.71. The molecule has 0 saturated heterocycles. The van der Waals surface area contributed by atoms with Gasteiger partial charge in [-0.25, -0.2) is 4.79 Å². The minimum absolute atomic E-state index is 0.218. The van der Waals surface area contributed by atoms with Crippen molar-refractivity contribution in [2.75, 3.05) is 7.11 Å². The molecule has 0 saturated carbocycles. The Hall–Kier alpha value is -1.81. The molecule has 0 unspecified atom stereocenters. The molecular formula is C14H18O4. The van der Waals surface area contributed by atoms with Crippen molar-refractivity contribution in [3.8, 4) is 11.3 Å². The quantitative estimate of drug-likeness (QED) is 0.837.